The molecule has 1 heterocycles. The lowest BCUT2D eigenvalue weighted by molar-refractivity contribution is 0.492. The number of benzene rings is 1. The zero-order chi connectivity index (χ0) is 12.2. The Hall–Kier alpha value is -0.870. The number of aromatic nitrogens is 2. The van der Waals surface area contributed by atoms with Crippen molar-refractivity contribution in [2.45, 2.75) is 25.8 Å². The van der Waals surface area contributed by atoms with Gasteiger partial charge < -0.3 is 9.55 Å². The Labute approximate surface area is 108 Å². The molecule has 1 fully saturated rings. The van der Waals surface area contributed by atoms with Crippen molar-refractivity contribution >= 4 is 34.9 Å². The molecule has 2 nitrogen and oxygen atoms in total. The highest BCUT2D eigenvalue weighted by molar-refractivity contribution is 7.71. The van der Waals surface area contributed by atoms with Crippen molar-refractivity contribution in [3.63, 3.8) is 0 Å². The van der Waals surface area contributed by atoms with E-state index >= 15 is 0 Å². The SMILES string of the molecule is CC(C1CC1)n1c(=S)[nH]c2cc(Cl)c(F)cc21. The summed E-state index contributed by atoms with van der Waals surface area (Å²) in [5.74, 6) is 0.268. The van der Waals surface area contributed by atoms with Gasteiger partial charge in [-0.1, -0.05) is 11.6 Å². The number of aromatic amines is 1. The summed E-state index contributed by atoms with van der Waals surface area (Å²) in [5.41, 5.74) is 1.60. The number of hydrogen-bond acceptors (Lipinski definition) is 1. The molecule has 0 spiro atoms. The van der Waals surface area contributed by atoms with E-state index in [1.165, 1.54) is 18.9 Å². The second-order valence-electron chi connectivity index (χ2n) is 4.66. The van der Waals surface area contributed by atoms with E-state index in [0.29, 0.717) is 16.7 Å². The molecule has 5 heteroatoms. The van der Waals surface area contributed by atoms with E-state index in [9.17, 15) is 4.39 Å². The molecular formula is C12H12ClFN2S. The highest BCUT2D eigenvalue weighted by Gasteiger charge is 2.30. The summed E-state index contributed by atoms with van der Waals surface area (Å²) < 4.78 is 16.2. The molecule has 2 aromatic rings. The van der Waals surface area contributed by atoms with Crippen molar-refractivity contribution in [1.29, 1.82) is 0 Å². The topological polar surface area (TPSA) is 20.7 Å². The fourth-order valence-corrected chi connectivity index (χ4v) is 2.85. The number of nitrogens with one attached hydrogen (secondary N) is 1. The molecule has 0 bridgehead atoms. The van der Waals surface area contributed by atoms with E-state index in [1.807, 2.05) is 4.57 Å². The van der Waals surface area contributed by atoms with Gasteiger partial charge in [-0.15, -0.1) is 0 Å². The normalized spacial score (nSPS) is 17.6. The third-order valence-electron chi connectivity index (χ3n) is 3.47. The van der Waals surface area contributed by atoms with Gasteiger partial charge in [0, 0.05) is 12.1 Å². The Morgan fingerprint density at radius 2 is 2.24 bits per heavy atom. The maximum absolute atomic E-state index is 13.5. The molecular weight excluding hydrogens is 259 g/mol. The summed E-state index contributed by atoms with van der Waals surface area (Å²) in [6, 6.07) is 3.37. The van der Waals surface area contributed by atoms with Crippen LogP contribution in [0.15, 0.2) is 12.1 Å². The van der Waals surface area contributed by atoms with Gasteiger partial charge in [0.15, 0.2) is 4.77 Å². The quantitative estimate of drug-likeness (QED) is 0.799. The van der Waals surface area contributed by atoms with Crippen molar-refractivity contribution in [1.82, 2.24) is 9.55 Å². The van der Waals surface area contributed by atoms with Gasteiger partial charge in [0.25, 0.3) is 0 Å². The summed E-state index contributed by atoms with van der Waals surface area (Å²) >= 11 is 11.1. The van der Waals surface area contributed by atoms with E-state index in [4.69, 9.17) is 23.8 Å². The zero-order valence-corrected chi connectivity index (χ0v) is 10.9. The summed E-state index contributed by atoms with van der Waals surface area (Å²) in [6.07, 6.45) is 2.46. The van der Waals surface area contributed by atoms with Crippen LogP contribution in [-0.4, -0.2) is 9.55 Å². The Morgan fingerprint density at radius 3 is 2.88 bits per heavy atom. The zero-order valence-electron chi connectivity index (χ0n) is 9.34. The van der Waals surface area contributed by atoms with Gasteiger partial charge in [-0.05, 0) is 44.0 Å². The molecule has 0 saturated heterocycles. The van der Waals surface area contributed by atoms with Gasteiger partial charge in [0.05, 0.1) is 16.1 Å². The van der Waals surface area contributed by atoms with Gasteiger partial charge in [-0.25, -0.2) is 4.39 Å². The van der Waals surface area contributed by atoms with Crippen LogP contribution in [0.3, 0.4) is 0 Å². The Bertz CT molecular complexity index is 642. The van der Waals surface area contributed by atoms with Crippen LogP contribution < -0.4 is 0 Å². The maximum Gasteiger partial charge on any atom is 0.178 e. The Kier molecular flexibility index (Phi) is 2.52. The van der Waals surface area contributed by atoms with Gasteiger partial charge in [-0.2, -0.15) is 0 Å². The average Bonchev–Trinajstić information content (AvgIpc) is 3.04. The number of hydrogen-bond donors (Lipinski definition) is 1. The van der Waals surface area contributed by atoms with Gasteiger partial charge in [0.2, 0.25) is 0 Å². The lowest BCUT2D eigenvalue weighted by atomic mass is 10.2. The molecule has 1 aromatic heterocycles. The van der Waals surface area contributed by atoms with E-state index < -0.39 is 5.82 Å². The van der Waals surface area contributed by atoms with Gasteiger partial charge in [0.1, 0.15) is 5.82 Å². The monoisotopic (exact) mass is 270 g/mol. The number of rotatable bonds is 2. The minimum atomic E-state index is -0.398. The fourth-order valence-electron chi connectivity index (χ4n) is 2.31. The van der Waals surface area contributed by atoms with Crippen LogP contribution in [0.2, 0.25) is 5.02 Å². The van der Waals surface area contributed by atoms with Crippen molar-refractivity contribution < 1.29 is 4.39 Å². The average molecular weight is 271 g/mol. The van der Waals surface area contributed by atoms with E-state index in [2.05, 4.69) is 11.9 Å². The summed E-state index contributed by atoms with van der Waals surface area (Å²) in [5, 5.41) is 0.125. The largest absolute Gasteiger partial charge is 0.331 e. The van der Waals surface area contributed by atoms with E-state index in [-0.39, 0.29) is 5.02 Å². The highest BCUT2D eigenvalue weighted by Crippen LogP contribution is 2.41. The molecule has 17 heavy (non-hydrogen) atoms. The predicted molar refractivity (Wildman–Crippen MR) is 69.5 cm³/mol. The first kappa shape index (κ1) is 11.2. The molecule has 1 N–H and O–H groups in total. The molecule has 0 aliphatic heterocycles. The first-order valence-corrected chi connectivity index (χ1v) is 6.46. The summed E-state index contributed by atoms with van der Waals surface area (Å²) in [6.45, 7) is 2.13. The molecule has 1 atom stereocenters. The van der Waals surface area contributed by atoms with Crippen LogP contribution >= 0.6 is 23.8 Å². The Balaban J connectivity index is 2.26. The second kappa shape index (κ2) is 3.82. The Morgan fingerprint density at radius 1 is 1.53 bits per heavy atom. The molecule has 1 unspecified atom stereocenters. The van der Waals surface area contributed by atoms with Crippen LogP contribution in [0.25, 0.3) is 11.0 Å². The summed E-state index contributed by atoms with van der Waals surface area (Å²) in [4.78, 5) is 3.09. The van der Waals surface area contributed by atoms with Crippen LogP contribution in [0, 0.1) is 16.5 Å². The van der Waals surface area contributed by atoms with E-state index in [0.717, 1.165) is 11.0 Å². The molecule has 1 aliphatic carbocycles. The van der Waals surface area contributed by atoms with E-state index in [1.54, 1.807) is 6.07 Å². The first-order chi connectivity index (χ1) is 8.08. The lowest BCUT2D eigenvalue weighted by Crippen LogP contribution is -2.07. The number of halogens is 2. The minimum Gasteiger partial charge on any atom is -0.331 e. The molecule has 3 rings (SSSR count). The number of H-pyrrole nitrogens is 1. The standard InChI is InChI=1S/C12H12ClFN2S/c1-6(7-2-3-7)16-11-5-9(14)8(13)4-10(11)15-12(16)17/h4-7H,2-3H2,1H3,(H,15,17). The maximum atomic E-state index is 13.5. The van der Waals surface area contributed by atoms with Crippen molar-refractivity contribution in [3.8, 4) is 0 Å². The highest BCUT2D eigenvalue weighted by atomic mass is 35.5. The minimum absolute atomic E-state index is 0.125. The number of fused-ring (bicyclic) bond motifs is 1. The second-order valence-corrected chi connectivity index (χ2v) is 5.46. The van der Waals surface area contributed by atoms with Crippen LogP contribution in [0.5, 0.6) is 0 Å². The van der Waals surface area contributed by atoms with Crippen molar-refractivity contribution in [2.24, 2.45) is 5.92 Å². The predicted octanol–water partition coefficient (Wildman–Crippen LogP) is 4.46. The van der Waals surface area contributed by atoms with Crippen LogP contribution in [0.1, 0.15) is 25.8 Å². The molecule has 0 amide bonds. The van der Waals surface area contributed by atoms with Gasteiger partial charge in [-0.3, -0.25) is 0 Å². The third kappa shape index (κ3) is 1.79. The lowest BCUT2D eigenvalue weighted by Gasteiger charge is -2.13. The van der Waals surface area contributed by atoms with Crippen molar-refractivity contribution in [3.05, 3.63) is 27.7 Å². The van der Waals surface area contributed by atoms with Crippen molar-refractivity contribution in [2.75, 3.05) is 0 Å². The molecule has 1 aromatic carbocycles. The fraction of sp³-hybridized carbons (Fsp3) is 0.417. The van der Waals surface area contributed by atoms with Gasteiger partial charge >= 0.3 is 0 Å². The first-order valence-electron chi connectivity index (χ1n) is 5.67. The molecule has 90 valence electrons. The third-order valence-corrected chi connectivity index (χ3v) is 4.06. The van der Waals surface area contributed by atoms with Crippen LogP contribution in [0.4, 0.5) is 4.39 Å². The number of nitrogens with zero attached hydrogens (tertiary/aromatic N) is 1. The molecule has 0 radical (unpaired) electrons. The van der Waals surface area contributed by atoms with Crippen LogP contribution in [-0.2, 0) is 0 Å². The molecule has 1 aliphatic rings. The summed E-state index contributed by atoms with van der Waals surface area (Å²) in [7, 11) is 0. The molecule has 1 saturated carbocycles. The smallest absolute Gasteiger partial charge is 0.178 e. The number of imidazole rings is 1.